The minimum absolute atomic E-state index is 0. The molecule has 0 aromatic carbocycles. The van der Waals surface area contributed by atoms with Gasteiger partial charge in [-0.3, -0.25) is 0 Å². The van der Waals surface area contributed by atoms with E-state index in [1.165, 1.54) is 0 Å². The monoisotopic (exact) mass is 212 g/mol. The van der Waals surface area contributed by atoms with Crippen LogP contribution < -0.4 is 5.32 Å². The van der Waals surface area contributed by atoms with Crippen LogP contribution in [0.25, 0.3) is 0 Å². The van der Waals surface area contributed by atoms with Gasteiger partial charge in [-0.25, -0.2) is 0 Å². The van der Waals surface area contributed by atoms with Gasteiger partial charge in [0.15, 0.2) is 0 Å². The van der Waals surface area contributed by atoms with Gasteiger partial charge in [0.05, 0.1) is 0 Å². The molecule has 0 amide bonds. The predicted molar refractivity (Wildman–Crippen MR) is 39.6 cm³/mol. The number of nitrogens with one attached hydrogen (secondary N) is 1. The summed E-state index contributed by atoms with van der Waals surface area (Å²) < 4.78 is 0. The van der Waals surface area contributed by atoms with E-state index in [2.05, 4.69) is 24.7 Å². The molecule has 2 heteroatoms. The zero-order valence-electron chi connectivity index (χ0n) is 6.22. The molecule has 1 unspecified atom stereocenters. The third kappa shape index (κ3) is 3.73. The van der Waals surface area contributed by atoms with Crippen LogP contribution >= 0.6 is 0 Å². The Morgan fingerprint density at radius 1 is 1.70 bits per heavy atom. The first kappa shape index (κ1) is 10.6. The van der Waals surface area contributed by atoms with Gasteiger partial charge in [0, 0.05) is 32.7 Å². The van der Waals surface area contributed by atoms with Crippen LogP contribution in [0, 0.1) is 13.3 Å². The zero-order chi connectivity index (χ0) is 6.53. The van der Waals surface area contributed by atoms with Crippen molar-refractivity contribution in [2.75, 3.05) is 0 Å². The fraction of sp³-hybridized carbons (Fsp3) is 0.500. The topological polar surface area (TPSA) is 12.0 Å². The second kappa shape index (κ2) is 6.36. The zero-order valence-corrected chi connectivity index (χ0v) is 9.05. The van der Waals surface area contributed by atoms with E-state index in [0.29, 0.717) is 6.04 Å². The van der Waals surface area contributed by atoms with Crippen LogP contribution in [0.1, 0.15) is 19.3 Å². The summed E-state index contributed by atoms with van der Waals surface area (Å²) in [5.74, 6) is 0. The van der Waals surface area contributed by atoms with Gasteiger partial charge in [-0.15, -0.1) is 0 Å². The summed E-state index contributed by atoms with van der Waals surface area (Å²) in [6.45, 7) is 3.80. The van der Waals surface area contributed by atoms with Gasteiger partial charge in [0.1, 0.15) is 0 Å². The molecule has 55 valence electrons. The molecule has 0 saturated carbocycles. The van der Waals surface area contributed by atoms with Crippen molar-refractivity contribution < 1.29 is 32.7 Å². The second-order valence-electron chi connectivity index (χ2n) is 2.29. The molecule has 1 aliphatic heterocycles. The summed E-state index contributed by atoms with van der Waals surface area (Å²) in [5, 5.41) is 3.24. The molecule has 1 radical (unpaired) electrons. The van der Waals surface area contributed by atoms with E-state index in [-0.39, 0.29) is 32.7 Å². The van der Waals surface area contributed by atoms with Crippen molar-refractivity contribution in [1.82, 2.24) is 5.32 Å². The van der Waals surface area contributed by atoms with E-state index in [1.54, 1.807) is 0 Å². The Hall–Kier alpha value is 0.644. The molecule has 1 rings (SSSR count). The van der Waals surface area contributed by atoms with Gasteiger partial charge in [-0.1, -0.05) is 18.5 Å². The van der Waals surface area contributed by atoms with E-state index in [4.69, 9.17) is 0 Å². The number of rotatable bonds is 2. The van der Waals surface area contributed by atoms with Crippen LogP contribution in [0.3, 0.4) is 0 Å². The fourth-order valence-electron chi connectivity index (χ4n) is 0.992. The largest absolute Gasteiger partial charge is 0.418 e. The normalized spacial score (nSPS) is 23.1. The first-order valence-electron chi connectivity index (χ1n) is 3.47. The number of hydrogen-bond donors (Lipinski definition) is 1. The summed E-state index contributed by atoms with van der Waals surface area (Å²) >= 11 is 0. The minimum Gasteiger partial charge on any atom is -0.418 e. The van der Waals surface area contributed by atoms with Crippen molar-refractivity contribution >= 4 is 0 Å². The standard InChI is InChI=1S/C8H13N.Y/c1-2-5-8-6-3-4-7-9-8;/h4,6-9H,1-3,5H2;/q-2;. The molecule has 0 aromatic rings. The van der Waals surface area contributed by atoms with Crippen LogP contribution in [0.15, 0.2) is 12.3 Å². The maximum Gasteiger partial charge on any atom is 0 e. The van der Waals surface area contributed by atoms with E-state index >= 15 is 0 Å². The Labute approximate surface area is 88.5 Å². The number of allylic oxidation sites excluding steroid dienone is 1. The molecule has 0 spiro atoms. The van der Waals surface area contributed by atoms with Crippen molar-refractivity contribution in [2.24, 2.45) is 0 Å². The first-order valence-corrected chi connectivity index (χ1v) is 3.47. The molecule has 1 heterocycles. The first-order chi connectivity index (χ1) is 4.43. The maximum atomic E-state index is 3.80. The van der Waals surface area contributed by atoms with Crippen LogP contribution in [0.5, 0.6) is 0 Å². The van der Waals surface area contributed by atoms with E-state index in [9.17, 15) is 0 Å². The smallest absolute Gasteiger partial charge is 0 e. The molecule has 0 saturated heterocycles. The van der Waals surface area contributed by atoms with Gasteiger partial charge in [-0.05, 0) is 6.20 Å². The Kier molecular flexibility index (Phi) is 6.77. The molecule has 1 atom stereocenters. The minimum atomic E-state index is 0. The summed E-state index contributed by atoms with van der Waals surface area (Å²) in [7, 11) is 0. The van der Waals surface area contributed by atoms with Crippen molar-refractivity contribution in [3.05, 3.63) is 25.6 Å². The maximum absolute atomic E-state index is 3.80. The number of hydrogen-bond acceptors (Lipinski definition) is 1. The molecule has 0 bridgehead atoms. The molecule has 10 heavy (non-hydrogen) atoms. The van der Waals surface area contributed by atoms with Gasteiger partial charge in [-0.2, -0.15) is 12.8 Å². The van der Waals surface area contributed by atoms with Crippen molar-refractivity contribution in [3.63, 3.8) is 0 Å². The molecule has 0 aliphatic carbocycles. The van der Waals surface area contributed by atoms with Crippen LogP contribution in [-0.4, -0.2) is 6.04 Å². The summed E-state index contributed by atoms with van der Waals surface area (Å²) in [4.78, 5) is 0. The molecule has 0 fully saturated rings. The van der Waals surface area contributed by atoms with Gasteiger partial charge >= 0.3 is 0 Å². The van der Waals surface area contributed by atoms with Gasteiger partial charge in [0.2, 0.25) is 0 Å². The van der Waals surface area contributed by atoms with E-state index in [0.717, 1.165) is 19.3 Å². The fourth-order valence-corrected chi connectivity index (χ4v) is 0.992. The Bertz CT molecular complexity index is 101. The summed E-state index contributed by atoms with van der Waals surface area (Å²) in [6.07, 6.45) is 9.72. The quantitative estimate of drug-likeness (QED) is 0.686. The molecule has 0 aromatic heterocycles. The van der Waals surface area contributed by atoms with Crippen molar-refractivity contribution in [3.8, 4) is 0 Å². The second-order valence-corrected chi connectivity index (χ2v) is 2.29. The SMILES string of the molecule is [CH2-]CCC1[CH-]CC=CN1.[Y]. The van der Waals surface area contributed by atoms with Crippen molar-refractivity contribution in [1.29, 1.82) is 0 Å². The molecule has 1 N–H and O–H groups in total. The Balaban J connectivity index is 0.000000810. The molecule has 1 nitrogen and oxygen atoms in total. The molecular formula is C8H13NY-2. The van der Waals surface area contributed by atoms with Gasteiger partial charge in [0.25, 0.3) is 0 Å². The van der Waals surface area contributed by atoms with Gasteiger partial charge < -0.3 is 18.7 Å². The third-order valence-electron chi connectivity index (χ3n) is 1.50. The van der Waals surface area contributed by atoms with Crippen LogP contribution in [-0.2, 0) is 32.7 Å². The van der Waals surface area contributed by atoms with Crippen LogP contribution in [0.4, 0.5) is 0 Å². The predicted octanol–water partition coefficient (Wildman–Crippen LogP) is 1.68. The van der Waals surface area contributed by atoms with E-state index < -0.39 is 0 Å². The van der Waals surface area contributed by atoms with Crippen LogP contribution in [0.2, 0.25) is 0 Å². The third-order valence-corrected chi connectivity index (χ3v) is 1.50. The summed E-state index contributed by atoms with van der Waals surface area (Å²) in [5.41, 5.74) is 0. The Morgan fingerprint density at radius 2 is 2.50 bits per heavy atom. The van der Waals surface area contributed by atoms with Crippen molar-refractivity contribution in [2.45, 2.75) is 25.3 Å². The molecule has 1 aliphatic rings. The average molecular weight is 212 g/mol. The van der Waals surface area contributed by atoms with E-state index in [1.807, 2.05) is 6.20 Å². The summed E-state index contributed by atoms with van der Waals surface area (Å²) in [6, 6.07) is 0.576. The molecular weight excluding hydrogens is 199 g/mol. The Morgan fingerprint density at radius 3 is 3.00 bits per heavy atom. The average Bonchev–Trinajstić information content (AvgIpc) is 1.91.